The summed E-state index contributed by atoms with van der Waals surface area (Å²) in [5.41, 5.74) is -0.690. The molecule has 0 saturated carbocycles. The molecule has 800 valence electrons. The smallest absolute Gasteiger partial charge is 0.410 e. The van der Waals surface area contributed by atoms with E-state index in [0.717, 1.165) is 9.80 Å². The van der Waals surface area contributed by atoms with Gasteiger partial charge < -0.3 is 152 Å². The second-order valence-corrected chi connectivity index (χ2v) is 35.9. The maximum absolute atomic E-state index is 15.0. The van der Waals surface area contributed by atoms with Gasteiger partial charge in [-0.25, -0.2) is 9.59 Å². The van der Waals surface area contributed by atoms with Crippen molar-refractivity contribution in [3.05, 3.63) is 59.7 Å². The average molecular weight is 2010 g/mol. The Morgan fingerprint density at radius 2 is 1.15 bits per heavy atom. The van der Waals surface area contributed by atoms with Gasteiger partial charge in [0.05, 0.1) is 232 Å². The highest BCUT2D eigenvalue weighted by atomic mass is 16.7. The van der Waals surface area contributed by atoms with Gasteiger partial charge in [0.1, 0.15) is 55.0 Å². The highest BCUT2D eigenvalue weighted by molar-refractivity contribution is 6.03. The van der Waals surface area contributed by atoms with Gasteiger partial charge >= 0.3 is 12.1 Å². The number of rotatable bonds is 73. The summed E-state index contributed by atoms with van der Waals surface area (Å²) in [7, 11) is 7.48. The molecule has 45 nitrogen and oxygen atoms in total. The van der Waals surface area contributed by atoms with Crippen LogP contribution in [-0.2, 0) is 140 Å². The van der Waals surface area contributed by atoms with Crippen LogP contribution in [-0.4, -0.2) is 433 Å². The molecule has 0 radical (unpaired) electrons. The molecular formula is C96H156N10O35. The molecule has 4 fully saturated rings. The Hall–Kier alpha value is -8.92. The first-order valence-electron chi connectivity index (χ1n) is 48.5. The predicted molar refractivity (Wildman–Crippen MR) is 505 cm³/mol. The third-order valence-electron chi connectivity index (χ3n) is 24.6. The predicted octanol–water partition coefficient (Wildman–Crippen LogP) is 1.01. The second-order valence-electron chi connectivity index (χ2n) is 35.9. The second kappa shape index (κ2) is 65.5. The number of carbonyl (C=O) groups excluding carboxylic acids is 11. The number of amides is 11. The van der Waals surface area contributed by atoms with Crippen LogP contribution in [0.25, 0.3) is 0 Å². The number of methoxy groups -OCH3 is 3. The number of hydrogen-bond acceptors (Lipinski definition) is 34. The van der Waals surface area contributed by atoms with Gasteiger partial charge in [-0.15, -0.1) is 0 Å². The van der Waals surface area contributed by atoms with Crippen LogP contribution in [0, 0.1) is 29.6 Å². The minimum absolute atomic E-state index is 0.0211. The normalized spacial score (nSPS) is 19.9. The summed E-state index contributed by atoms with van der Waals surface area (Å²) < 4.78 is 101. The van der Waals surface area contributed by atoms with Crippen molar-refractivity contribution in [2.75, 3.05) is 239 Å². The van der Waals surface area contributed by atoms with Crippen molar-refractivity contribution in [2.24, 2.45) is 29.6 Å². The van der Waals surface area contributed by atoms with Gasteiger partial charge in [0.25, 0.3) is 0 Å². The molecule has 6 rings (SSSR count). The monoisotopic (exact) mass is 2010 g/mol. The van der Waals surface area contributed by atoms with Crippen LogP contribution in [0.4, 0.5) is 10.5 Å². The van der Waals surface area contributed by atoms with Crippen LogP contribution in [0.1, 0.15) is 131 Å². The number of anilines is 1. The Morgan fingerprint density at radius 1 is 0.603 bits per heavy atom. The molecule has 0 aromatic heterocycles. The summed E-state index contributed by atoms with van der Waals surface area (Å²) in [5, 5.41) is 66.7. The van der Waals surface area contributed by atoms with Gasteiger partial charge in [-0.3, -0.25) is 57.7 Å². The molecule has 16 atom stereocenters. The van der Waals surface area contributed by atoms with Crippen LogP contribution >= 0.6 is 0 Å². The Balaban J connectivity index is 0.962. The number of aliphatic hydroxyl groups is 4. The zero-order chi connectivity index (χ0) is 104. The number of likely N-dealkylation sites (N-methyl/N-ethyl adjacent to an activating group) is 2. The number of carbonyl (C=O) groups is 12. The Labute approximate surface area is 826 Å². The van der Waals surface area contributed by atoms with Crippen LogP contribution in [0.3, 0.4) is 0 Å². The van der Waals surface area contributed by atoms with Crippen LogP contribution in [0.15, 0.2) is 48.5 Å². The minimum atomic E-state index is -2.09. The van der Waals surface area contributed by atoms with E-state index in [9.17, 15) is 78.3 Å². The number of hydrogen-bond donors (Lipinski definition) is 10. The molecule has 4 heterocycles. The summed E-state index contributed by atoms with van der Waals surface area (Å²) in [6, 6.07) is 8.57. The molecule has 0 aliphatic carbocycles. The standard InChI is InChI=1S/C96H156N10O35/c1-15-64(6)82(73(125-13)56-79(112)105-29-19-22-71(105)87(126-14)66(8)89(117)99-67(9)83(113)69-20-17-16-18-21-69)102(10)92(120)80(62(2)3)101-90(118)81(63(4)5)103(11)95(123)138-57-68-23-24-72(140-94-86(116)84(114)85(115)88(141-94)93(121)122)70(55-68)100-75(108)25-28-97-76(109)58-139-96(59-98-74(107)26-30-106-78(111)54-65(7)91(106)119)60-104(61-96)77(110)27-31-127-34-35-129-38-39-131-42-43-133-46-47-135-50-51-137-53-52-136-49-48-134-45-44-132-41-40-130-37-36-128-33-32-124-12/h16-18,20-21,23-24,55,62-67,71,73,80-88,94,113-116H,15,19,22,25-54,56-61H2,1-14H3,(H,97,109)(H,98,107)(H,99,117)(H,100,108)(H,101,118)(H,121,122)/t64-,65?,66+,67+,71-,73+,80-,81-,82-,83+,84-,85-,86+,87+,88-,94+/m0/s1. The summed E-state index contributed by atoms with van der Waals surface area (Å²) in [4.78, 5) is 170. The van der Waals surface area contributed by atoms with Crippen LogP contribution in [0.2, 0.25) is 0 Å². The largest absolute Gasteiger partial charge is 0.479 e. The van der Waals surface area contributed by atoms with Crippen LogP contribution < -0.4 is 31.3 Å². The molecule has 45 heteroatoms. The number of imide groups is 1. The van der Waals surface area contributed by atoms with Crippen molar-refractivity contribution in [2.45, 2.75) is 205 Å². The molecular weight excluding hydrogens is 1850 g/mol. The molecule has 0 bridgehead atoms. The number of aliphatic carboxylic acids is 1. The number of benzene rings is 2. The van der Waals surface area contributed by atoms with E-state index in [2.05, 4.69) is 26.6 Å². The van der Waals surface area contributed by atoms with Crippen LogP contribution in [0.5, 0.6) is 5.75 Å². The quantitative estimate of drug-likeness (QED) is 0.0326. The van der Waals surface area contributed by atoms with E-state index in [1.165, 1.54) is 49.3 Å². The maximum atomic E-state index is 15.0. The topological polar surface area (TPSA) is 548 Å². The number of likely N-dealkylation sites (tertiary alicyclic amines) is 3. The zero-order valence-electron chi connectivity index (χ0n) is 84.3. The number of ether oxygens (including phenoxy) is 18. The lowest BCUT2D eigenvalue weighted by Gasteiger charge is -2.49. The van der Waals surface area contributed by atoms with E-state index in [4.69, 9.17) is 85.3 Å². The van der Waals surface area contributed by atoms with Crippen molar-refractivity contribution < 1.29 is 168 Å². The first-order valence-corrected chi connectivity index (χ1v) is 48.5. The number of carboxylic acid groups (broad SMARTS) is 1. The molecule has 1 unspecified atom stereocenters. The zero-order valence-corrected chi connectivity index (χ0v) is 84.3. The molecule has 4 aliphatic rings. The summed E-state index contributed by atoms with van der Waals surface area (Å²) in [5.74, 6) is -9.68. The highest BCUT2D eigenvalue weighted by Crippen LogP contribution is 2.35. The van der Waals surface area contributed by atoms with Gasteiger partial charge in [0.15, 0.2) is 6.10 Å². The lowest BCUT2D eigenvalue weighted by atomic mass is 9.89. The summed E-state index contributed by atoms with van der Waals surface area (Å²) in [6.45, 7) is 23.2. The highest BCUT2D eigenvalue weighted by Gasteiger charge is 2.51. The van der Waals surface area contributed by atoms with Crippen molar-refractivity contribution in [3.8, 4) is 5.75 Å². The van der Waals surface area contributed by atoms with Crippen molar-refractivity contribution in [1.82, 2.24) is 45.8 Å². The van der Waals surface area contributed by atoms with E-state index in [-0.39, 0.29) is 125 Å². The molecule has 11 amide bonds. The third-order valence-corrected chi connectivity index (χ3v) is 24.6. The fourth-order valence-electron chi connectivity index (χ4n) is 16.4. The Morgan fingerprint density at radius 3 is 1.65 bits per heavy atom. The molecule has 0 spiro atoms. The van der Waals surface area contributed by atoms with Gasteiger partial charge in [-0.05, 0) is 60.8 Å². The van der Waals surface area contributed by atoms with E-state index in [1.54, 1.807) is 91.8 Å². The molecule has 2 aromatic carbocycles. The van der Waals surface area contributed by atoms with Gasteiger partial charge in [0.2, 0.25) is 65.4 Å². The lowest BCUT2D eigenvalue weighted by molar-refractivity contribution is -0.271. The fraction of sp³-hybridized carbons (Fsp3) is 0.750. The van der Waals surface area contributed by atoms with E-state index in [1.807, 2.05) is 19.9 Å². The first kappa shape index (κ1) is 121. The minimum Gasteiger partial charge on any atom is -0.479 e. The number of nitrogens with zero attached hydrogens (tertiary/aromatic N) is 5. The lowest BCUT2D eigenvalue weighted by Crippen LogP contribution is -2.69. The average Bonchev–Trinajstić information content (AvgIpc) is 0.798. The molecule has 10 N–H and O–H groups in total. The Bertz CT molecular complexity index is 4090. The van der Waals surface area contributed by atoms with Crippen molar-refractivity contribution in [1.29, 1.82) is 0 Å². The first-order chi connectivity index (χ1) is 67.5. The number of carboxylic acids is 1. The van der Waals surface area contributed by atoms with E-state index in [0.29, 0.717) is 157 Å². The van der Waals surface area contributed by atoms with Gasteiger partial charge in [-0.2, -0.15) is 0 Å². The van der Waals surface area contributed by atoms with E-state index >= 15 is 4.79 Å². The SMILES string of the molecule is CC[C@H](C)[C@@H]([C@@H](CC(=O)N1CCC[C@H]1[C@H](OC)[C@@H](C)C(=O)N[C@H](C)[C@@H](O)c1ccccc1)OC)N(C)C(=O)[C@@H](NC(=O)[C@H](C(C)C)N(C)C(=O)OCc1ccc(O[C@@H]2O[C@H](C(=O)O)[C@@H](O)[C@H](O)[C@H]2O)c(NC(=O)CCNC(=O)COC2(CNC(=O)CCN3C(=O)CC(C)C3=O)CN(C(=O)CCOCCOCCOCCOCCOCCOCCOCCOCCOCCOCCOCCOC)C2)c1)C(C)C. The fourth-order valence-corrected chi connectivity index (χ4v) is 16.4. The van der Waals surface area contributed by atoms with Gasteiger partial charge in [-0.1, -0.05) is 98.2 Å². The van der Waals surface area contributed by atoms with Gasteiger partial charge in [0, 0.05) is 80.2 Å². The maximum Gasteiger partial charge on any atom is 0.410 e. The van der Waals surface area contributed by atoms with Crippen molar-refractivity contribution in [3.63, 3.8) is 0 Å². The number of aliphatic hydroxyl groups excluding tert-OH is 4. The number of nitrogens with one attached hydrogen (secondary N) is 5. The summed E-state index contributed by atoms with van der Waals surface area (Å²) in [6.07, 6.45) is -13.0. The molecule has 4 aliphatic heterocycles. The molecule has 2 aromatic rings. The van der Waals surface area contributed by atoms with Crippen molar-refractivity contribution >= 4 is 76.8 Å². The molecule has 141 heavy (non-hydrogen) atoms. The summed E-state index contributed by atoms with van der Waals surface area (Å²) >= 11 is 0. The van der Waals surface area contributed by atoms with E-state index < -0.39 is 182 Å². The third kappa shape index (κ3) is 40.9. The molecule has 4 saturated heterocycles. The Kier molecular flexibility index (Phi) is 56.1.